The van der Waals surface area contributed by atoms with Gasteiger partial charge in [0.2, 0.25) is 0 Å². The van der Waals surface area contributed by atoms with Crippen LogP contribution in [-0.4, -0.2) is 39.3 Å². The Balaban J connectivity index is 1.38. The third-order valence-corrected chi connectivity index (χ3v) is 8.44. The van der Waals surface area contributed by atoms with Crippen molar-refractivity contribution >= 4 is 50.7 Å². The van der Waals surface area contributed by atoms with Crippen LogP contribution in [0.3, 0.4) is 0 Å². The number of ether oxygens (including phenoxy) is 2. The van der Waals surface area contributed by atoms with E-state index in [1.54, 1.807) is 41.7 Å². The molecule has 0 bridgehead atoms. The van der Waals surface area contributed by atoms with Gasteiger partial charge in [-0.3, -0.25) is 9.59 Å². The predicted molar refractivity (Wildman–Crippen MR) is 137 cm³/mol. The molecule has 0 saturated heterocycles. The first-order chi connectivity index (χ1) is 17.1. The molecular weight excluding hydrogens is 506 g/mol. The molecule has 10 heteroatoms. The second-order valence-electron chi connectivity index (χ2n) is 8.33. The van der Waals surface area contributed by atoms with Crippen LogP contribution >= 0.6 is 34.7 Å². The summed E-state index contributed by atoms with van der Waals surface area (Å²) >= 11 is 8.85. The number of hydrogen-bond acceptors (Lipinski definition) is 8. The standard InChI is InChI=1S/C25H20ClN3O4S2/c26-15-6-8-21(27-12-15)29-24(31)22-16-3-1-2-4-20(16)35-23(22)28-25(29)34-13-17(30)14-5-7-18-19(11-14)33-10-9-32-18/h5-8,11-12H,1-4,9-10,13H2. The number of thiophene rings is 1. The van der Waals surface area contributed by atoms with Gasteiger partial charge < -0.3 is 9.47 Å². The first kappa shape index (κ1) is 22.6. The lowest BCUT2D eigenvalue weighted by molar-refractivity contribution is 0.102. The number of carbonyl (C=O) groups is 1. The highest BCUT2D eigenvalue weighted by Gasteiger charge is 2.24. The number of carbonyl (C=O) groups excluding carboxylic acids is 1. The molecule has 7 nitrogen and oxygen atoms in total. The molecule has 3 aromatic heterocycles. The Morgan fingerprint density at radius 2 is 1.94 bits per heavy atom. The summed E-state index contributed by atoms with van der Waals surface area (Å²) in [6.45, 7) is 0.946. The zero-order valence-electron chi connectivity index (χ0n) is 18.6. The lowest BCUT2D eigenvalue weighted by Crippen LogP contribution is -2.23. The molecule has 0 saturated carbocycles. The number of Topliss-reactive ketones (excluding diaryl/α,β-unsaturated/α-hetero) is 1. The van der Waals surface area contributed by atoms with Gasteiger partial charge in [0, 0.05) is 16.6 Å². The van der Waals surface area contributed by atoms with Crippen molar-refractivity contribution in [3.8, 4) is 17.3 Å². The monoisotopic (exact) mass is 525 g/mol. The fourth-order valence-corrected chi connectivity index (χ4v) is 6.73. The van der Waals surface area contributed by atoms with E-state index in [9.17, 15) is 9.59 Å². The second kappa shape index (κ2) is 9.29. The van der Waals surface area contributed by atoms with Crippen LogP contribution in [0.4, 0.5) is 0 Å². The lowest BCUT2D eigenvalue weighted by atomic mass is 9.97. The Bertz CT molecular complexity index is 1510. The van der Waals surface area contributed by atoms with E-state index in [0.29, 0.717) is 51.7 Å². The number of aromatic nitrogens is 3. The van der Waals surface area contributed by atoms with Crippen LogP contribution in [0, 0.1) is 0 Å². The smallest absolute Gasteiger partial charge is 0.269 e. The highest BCUT2D eigenvalue weighted by atomic mass is 35.5. The second-order valence-corrected chi connectivity index (χ2v) is 10.8. The van der Waals surface area contributed by atoms with Gasteiger partial charge in [-0.15, -0.1) is 11.3 Å². The maximum absolute atomic E-state index is 13.8. The number of benzene rings is 1. The lowest BCUT2D eigenvalue weighted by Gasteiger charge is -2.18. The minimum Gasteiger partial charge on any atom is -0.486 e. The van der Waals surface area contributed by atoms with Gasteiger partial charge in [0.15, 0.2) is 22.4 Å². The van der Waals surface area contributed by atoms with E-state index < -0.39 is 0 Å². The van der Waals surface area contributed by atoms with Gasteiger partial charge in [-0.2, -0.15) is 0 Å². The fraction of sp³-hybridized carbons (Fsp3) is 0.280. The predicted octanol–water partition coefficient (Wildman–Crippen LogP) is 5.12. The number of halogens is 1. The largest absolute Gasteiger partial charge is 0.486 e. The normalized spacial score (nSPS) is 14.7. The van der Waals surface area contributed by atoms with Gasteiger partial charge in [0.05, 0.1) is 16.2 Å². The van der Waals surface area contributed by atoms with Crippen LogP contribution in [0.2, 0.25) is 5.02 Å². The third-order valence-electron chi connectivity index (χ3n) is 6.10. The van der Waals surface area contributed by atoms with Crippen molar-refractivity contribution in [1.82, 2.24) is 14.5 Å². The van der Waals surface area contributed by atoms with Crippen molar-refractivity contribution in [1.29, 1.82) is 0 Å². The summed E-state index contributed by atoms with van der Waals surface area (Å²) < 4.78 is 12.7. The quantitative estimate of drug-likeness (QED) is 0.203. The molecule has 0 N–H and O–H groups in total. The van der Waals surface area contributed by atoms with Gasteiger partial charge in [0.1, 0.15) is 23.9 Å². The number of ketones is 1. The molecule has 1 aliphatic carbocycles. The topological polar surface area (TPSA) is 83.3 Å². The molecule has 35 heavy (non-hydrogen) atoms. The summed E-state index contributed by atoms with van der Waals surface area (Å²) in [5.74, 6) is 1.65. The van der Waals surface area contributed by atoms with Crippen LogP contribution in [0.25, 0.3) is 16.0 Å². The fourth-order valence-electron chi connectivity index (χ4n) is 4.42. The van der Waals surface area contributed by atoms with Crippen molar-refractivity contribution in [2.75, 3.05) is 19.0 Å². The van der Waals surface area contributed by atoms with Crippen molar-refractivity contribution in [2.24, 2.45) is 0 Å². The molecule has 0 radical (unpaired) electrons. The summed E-state index contributed by atoms with van der Waals surface area (Å²) in [6, 6.07) is 8.57. The molecule has 2 aliphatic rings. The van der Waals surface area contributed by atoms with E-state index in [0.717, 1.165) is 36.1 Å². The molecule has 4 aromatic rings. The van der Waals surface area contributed by atoms with E-state index in [1.807, 2.05) is 0 Å². The summed E-state index contributed by atoms with van der Waals surface area (Å²) in [5, 5.41) is 1.58. The Kier molecular flexibility index (Phi) is 5.99. The average Bonchev–Trinajstić information content (AvgIpc) is 3.26. The van der Waals surface area contributed by atoms with E-state index >= 15 is 0 Å². The van der Waals surface area contributed by atoms with Gasteiger partial charge in [0.25, 0.3) is 5.56 Å². The Labute approximate surface area is 214 Å². The Morgan fingerprint density at radius 3 is 2.77 bits per heavy atom. The highest BCUT2D eigenvalue weighted by Crippen LogP contribution is 2.36. The van der Waals surface area contributed by atoms with Gasteiger partial charge >= 0.3 is 0 Å². The SMILES string of the molecule is O=C(CSc1nc2sc3c(c2c(=O)n1-c1ccc(Cl)cn1)CCCC3)c1ccc2c(c1)OCCO2. The van der Waals surface area contributed by atoms with Gasteiger partial charge in [-0.05, 0) is 61.6 Å². The van der Waals surface area contributed by atoms with Crippen LogP contribution < -0.4 is 15.0 Å². The maximum Gasteiger partial charge on any atom is 0.269 e. The summed E-state index contributed by atoms with van der Waals surface area (Å²) in [6.07, 6.45) is 5.55. The van der Waals surface area contributed by atoms with Crippen LogP contribution in [-0.2, 0) is 12.8 Å². The summed E-state index contributed by atoms with van der Waals surface area (Å²) in [4.78, 5) is 38.0. The highest BCUT2D eigenvalue weighted by molar-refractivity contribution is 7.99. The number of hydrogen-bond donors (Lipinski definition) is 0. The zero-order chi connectivity index (χ0) is 23.9. The summed E-state index contributed by atoms with van der Waals surface area (Å²) in [5.41, 5.74) is 1.48. The summed E-state index contributed by atoms with van der Waals surface area (Å²) in [7, 11) is 0. The first-order valence-corrected chi connectivity index (χ1v) is 13.5. The molecule has 178 valence electrons. The first-order valence-electron chi connectivity index (χ1n) is 11.3. The van der Waals surface area contributed by atoms with Crippen molar-refractivity contribution in [3.63, 3.8) is 0 Å². The zero-order valence-corrected chi connectivity index (χ0v) is 21.0. The molecular formula is C25H20ClN3O4S2. The van der Waals surface area contributed by atoms with E-state index in [1.165, 1.54) is 27.4 Å². The maximum atomic E-state index is 13.8. The van der Waals surface area contributed by atoms with Gasteiger partial charge in [-0.1, -0.05) is 23.4 Å². The van der Waals surface area contributed by atoms with E-state index in [2.05, 4.69) is 4.98 Å². The van der Waals surface area contributed by atoms with Crippen molar-refractivity contribution < 1.29 is 14.3 Å². The average molecular weight is 526 g/mol. The van der Waals surface area contributed by atoms with Crippen LogP contribution in [0.15, 0.2) is 46.5 Å². The number of nitrogens with zero attached hydrogens (tertiary/aromatic N) is 3. The molecule has 1 aromatic carbocycles. The molecule has 0 atom stereocenters. The van der Waals surface area contributed by atoms with Crippen molar-refractivity contribution in [2.45, 2.75) is 30.8 Å². The van der Waals surface area contributed by atoms with E-state index in [4.69, 9.17) is 26.1 Å². The number of thioether (sulfide) groups is 1. The number of pyridine rings is 1. The minimum absolute atomic E-state index is 0.0950. The molecule has 0 unspecified atom stereocenters. The van der Waals surface area contributed by atoms with Crippen LogP contribution in [0.5, 0.6) is 11.5 Å². The number of fused-ring (bicyclic) bond motifs is 4. The number of rotatable bonds is 5. The molecule has 0 fully saturated rings. The molecule has 0 amide bonds. The van der Waals surface area contributed by atoms with Crippen LogP contribution in [0.1, 0.15) is 33.6 Å². The Hall–Kier alpha value is -2.88. The third kappa shape index (κ3) is 4.22. The molecule has 1 aliphatic heterocycles. The molecule has 6 rings (SSSR count). The van der Waals surface area contributed by atoms with E-state index in [-0.39, 0.29) is 17.1 Å². The Morgan fingerprint density at radius 1 is 1.11 bits per heavy atom. The molecule has 0 spiro atoms. The van der Waals surface area contributed by atoms with Gasteiger partial charge in [-0.25, -0.2) is 14.5 Å². The molecule has 4 heterocycles. The number of aryl methyl sites for hydroxylation is 2. The van der Waals surface area contributed by atoms with Crippen molar-refractivity contribution in [3.05, 3.63) is 67.9 Å². The minimum atomic E-state index is -0.154.